The van der Waals surface area contributed by atoms with Gasteiger partial charge in [0.25, 0.3) is 0 Å². The second-order valence-corrected chi connectivity index (χ2v) is 3.81. The summed E-state index contributed by atoms with van der Waals surface area (Å²) in [5.41, 5.74) is 7.99. The minimum atomic E-state index is -0.0718. The van der Waals surface area contributed by atoms with Crippen LogP contribution in [0.4, 0.5) is 17.6 Å². The van der Waals surface area contributed by atoms with Crippen molar-refractivity contribution in [3.63, 3.8) is 0 Å². The molecule has 6 N–H and O–H groups in total. The summed E-state index contributed by atoms with van der Waals surface area (Å²) in [4.78, 5) is 7.96. The van der Waals surface area contributed by atoms with Crippen molar-refractivity contribution in [3.05, 3.63) is 18.2 Å². The zero-order valence-electron chi connectivity index (χ0n) is 10.1. The van der Waals surface area contributed by atoms with Crippen molar-refractivity contribution in [1.82, 2.24) is 24.7 Å². The average molecular weight is 249 g/mol. The molecule has 0 radical (unpaired) electrons. The summed E-state index contributed by atoms with van der Waals surface area (Å²) < 4.78 is 1.82. The molecule has 2 rings (SSSR count). The van der Waals surface area contributed by atoms with Gasteiger partial charge in [0.1, 0.15) is 18.0 Å². The predicted molar refractivity (Wildman–Crippen MR) is 67.3 cm³/mol. The van der Waals surface area contributed by atoms with Crippen LogP contribution in [-0.4, -0.2) is 24.7 Å². The van der Waals surface area contributed by atoms with E-state index in [1.165, 1.54) is 0 Å². The van der Waals surface area contributed by atoms with E-state index in [9.17, 15) is 0 Å². The van der Waals surface area contributed by atoms with E-state index in [-0.39, 0.29) is 12.0 Å². The number of nitrogens with two attached hydrogens (primary N) is 2. The van der Waals surface area contributed by atoms with Gasteiger partial charge in [0.05, 0.1) is 6.04 Å². The highest BCUT2D eigenvalue weighted by atomic mass is 15.3. The smallest absolute Gasteiger partial charge is 0.223 e. The summed E-state index contributed by atoms with van der Waals surface area (Å²) >= 11 is 0. The quantitative estimate of drug-likeness (QED) is 0.426. The molecule has 1 atom stereocenters. The predicted octanol–water partition coefficient (Wildman–Crippen LogP) is -0.354. The first-order valence-electron chi connectivity index (χ1n) is 5.31. The molecule has 0 fully saturated rings. The van der Waals surface area contributed by atoms with Crippen molar-refractivity contribution in [1.29, 1.82) is 0 Å². The van der Waals surface area contributed by atoms with E-state index < -0.39 is 0 Å². The van der Waals surface area contributed by atoms with Crippen molar-refractivity contribution in [2.75, 3.05) is 16.5 Å². The SMILES string of the molecule is CC(Nc1cc(NN)nc(N)n1)c1nncn1C. The van der Waals surface area contributed by atoms with Gasteiger partial charge in [-0.15, -0.1) is 10.2 Å². The summed E-state index contributed by atoms with van der Waals surface area (Å²) in [6, 6.07) is 1.58. The Hall–Kier alpha value is -2.42. The van der Waals surface area contributed by atoms with E-state index in [0.29, 0.717) is 11.6 Å². The van der Waals surface area contributed by atoms with Crippen LogP contribution in [0.15, 0.2) is 12.4 Å². The highest BCUT2D eigenvalue weighted by molar-refractivity contribution is 5.50. The number of nitrogen functional groups attached to an aromatic ring is 2. The summed E-state index contributed by atoms with van der Waals surface area (Å²) in [7, 11) is 1.87. The molecule has 0 aliphatic rings. The van der Waals surface area contributed by atoms with Crippen LogP contribution >= 0.6 is 0 Å². The van der Waals surface area contributed by atoms with Gasteiger partial charge in [-0.1, -0.05) is 0 Å². The van der Waals surface area contributed by atoms with Crippen LogP contribution in [0.1, 0.15) is 18.8 Å². The number of aromatic nitrogens is 5. The maximum atomic E-state index is 5.57. The van der Waals surface area contributed by atoms with Crippen LogP contribution in [0.2, 0.25) is 0 Å². The lowest BCUT2D eigenvalue weighted by atomic mass is 10.3. The van der Waals surface area contributed by atoms with Gasteiger partial charge < -0.3 is 21.0 Å². The lowest BCUT2D eigenvalue weighted by Crippen LogP contribution is -2.15. The Morgan fingerprint density at radius 3 is 2.67 bits per heavy atom. The molecular weight excluding hydrogens is 234 g/mol. The molecule has 0 saturated heterocycles. The van der Waals surface area contributed by atoms with Crippen LogP contribution < -0.4 is 22.3 Å². The molecule has 2 heterocycles. The molecule has 0 aromatic carbocycles. The van der Waals surface area contributed by atoms with E-state index in [0.717, 1.165) is 5.82 Å². The second kappa shape index (κ2) is 4.84. The largest absolute Gasteiger partial charge is 0.368 e. The van der Waals surface area contributed by atoms with Crippen LogP contribution in [-0.2, 0) is 7.05 Å². The molecule has 0 bridgehead atoms. The van der Waals surface area contributed by atoms with E-state index in [1.54, 1.807) is 12.4 Å². The lowest BCUT2D eigenvalue weighted by molar-refractivity contribution is 0.716. The molecule has 9 heteroatoms. The van der Waals surface area contributed by atoms with E-state index in [1.807, 2.05) is 18.5 Å². The number of nitrogens with zero attached hydrogens (tertiary/aromatic N) is 5. The number of rotatable bonds is 4. The molecule has 1 unspecified atom stereocenters. The molecule has 18 heavy (non-hydrogen) atoms. The lowest BCUT2D eigenvalue weighted by Gasteiger charge is -2.14. The molecule has 96 valence electrons. The number of hydrazine groups is 1. The maximum absolute atomic E-state index is 5.57. The Bertz CT molecular complexity index is 535. The molecule has 9 nitrogen and oxygen atoms in total. The average Bonchev–Trinajstić information content (AvgIpc) is 2.74. The van der Waals surface area contributed by atoms with Gasteiger partial charge in [-0.3, -0.25) is 0 Å². The Kier molecular flexibility index (Phi) is 3.24. The molecule has 2 aromatic rings. The summed E-state index contributed by atoms with van der Waals surface area (Å²) in [5, 5.41) is 11.0. The van der Waals surface area contributed by atoms with Gasteiger partial charge in [0, 0.05) is 13.1 Å². The summed E-state index contributed by atoms with van der Waals surface area (Å²) in [6.07, 6.45) is 1.63. The van der Waals surface area contributed by atoms with Crippen LogP contribution in [0.3, 0.4) is 0 Å². The summed E-state index contributed by atoms with van der Waals surface area (Å²) in [5.74, 6) is 7.21. The van der Waals surface area contributed by atoms with Crippen LogP contribution in [0.5, 0.6) is 0 Å². The molecule has 0 saturated carbocycles. The van der Waals surface area contributed by atoms with E-state index in [4.69, 9.17) is 11.6 Å². The second-order valence-electron chi connectivity index (χ2n) is 3.81. The van der Waals surface area contributed by atoms with Crippen molar-refractivity contribution >= 4 is 17.6 Å². The third-order valence-electron chi connectivity index (χ3n) is 2.39. The van der Waals surface area contributed by atoms with E-state index >= 15 is 0 Å². The Morgan fingerprint density at radius 2 is 2.06 bits per heavy atom. The van der Waals surface area contributed by atoms with Crippen molar-refractivity contribution in [2.45, 2.75) is 13.0 Å². The Balaban J connectivity index is 2.19. The molecular formula is C9H15N9. The minimum absolute atomic E-state index is 0.0718. The fraction of sp³-hybridized carbons (Fsp3) is 0.333. The fourth-order valence-corrected chi connectivity index (χ4v) is 1.58. The van der Waals surface area contributed by atoms with Gasteiger partial charge in [-0.2, -0.15) is 9.97 Å². The van der Waals surface area contributed by atoms with Gasteiger partial charge in [0.15, 0.2) is 5.82 Å². The molecule has 0 aliphatic carbocycles. The Labute approximate surface area is 104 Å². The number of hydrogen-bond acceptors (Lipinski definition) is 8. The van der Waals surface area contributed by atoms with Gasteiger partial charge in [-0.05, 0) is 6.92 Å². The molecule has 2 aromatic heterocycles. The number of hydrogen-bond donors (Lipinski definition) is 4. The standard InChI is InChI=1S/C9H15N9/c1-5(8-17-12-4-18(8)2)13-6-3-7(16-11)15-9(10)14-6/h3-5H,11H2,1-2H3,(H4,10,13,14,15,16). The van der Waals surface area contributed by atoms with Crippen molar-refractivity contribution in [3.8, 4) is 0 Å². The van der Waals surface area contributed by atoms with Crippen molar-refractivity contribution in [2.24, 2.45) is 12.9 Å². The normalized spacial score (nSPS) is 12.2. The first kappa shape index (κ1) is 12.0. The first-order chi connectivity index (χ1) is 8.60. The Morgan fingerprint density at radius 1 is 1.33 bits per heavy atom. The molecule has 0 spiro atoms. The number of anilines is 3. The van der Waals surface area contributed by atoms with Crippen LogP contribution in [0.25, 0.3) is 0 Å². The third kappa shape index (κ3) is 2.46. The summed E-state index contributed by atoms with van der Waals surface area (Å²) in [6.45, 7) is 1.94. The molecule has 0 aliphatic heterocycles. The van der Waals surface area contributed by atoms with Crippen molar-refractivity contribution < 1.29 is 0 Å². The van der Waals surface area contributed by atoms with Crippen LogP contribution in [0, 0.1) is 0 Å². The monoisotopic (exact) mass is 249 g/mol. The number of aryl methyl sites for hydroxylation is 1. The van der Waals surface area contributed by atoms with Gasteiger partial charge in [-0.25, -0.2) is 5.84 Å². The minimum Gasteiger partial charge on any atom is -0.368 e. The van der Waals surface area contributed by atoms with Gasteiger partial charge >= 0.3 is 0 Å². The highest BCUT2D eigenvalue weighted by Crippen LogP contribution is 2.17. The van der Waals surface area contributed by atoms with Gasteiger partial charge in [0.2, 0.25) is 5.95 Å². The zero-order chi connectivity index (χ0) is 13.1. The first-order valence-corrected chi connectivity index (χ1v) is 5.31. The number of nitrogens with one attached hydrogen (secondary N) is 2. The molecule has 0 amide bonds. The fourth-order valence-electron chi connectivity index (χ4n) is 1.58. The topological polar surface area (TPSA) is 133 Å². The van der Waals surface area contributed by atoms with E-state index in [2.05, 4.69) is 30.9 Å². The zero-order valence-corrected chi connectivity index (χ0v) is 10.1. The maximum Gasteiger partial charge on any atom is 0.223 e. The highest BCUT2D eigenvalue weighted by Gasteiger charge is 2.12. The third-order valence-corrected chi connectivity index (χ3v) is 2.39.